The molecule has 106 valence electrons. The summed E-state index contributed by atoms with van der Waals surface area (Å²) >= 11 is 0. The highest BCUT2D eigenvalue weighted by atomic mass is 32.2. The molecule has 6 heteroatoms. The Morgan fingerprint density at radius 3 is 2.63 bits per heavy atom. The van der Waals surface area contributed by atoms with Crippen LogP contribution in [0.3, 0.4) is 0 Å². The minimum Gasteiger partial charge on any atom is -0.392 e. The van der Waals surface area contributed by atoms with Crippen molar-refractivity contribution >= 4 is 10.0 Å². The van der Waals surface area contributed by atoms with Gasteiger partial charge < -0.3 is 5.11 Å². The van der Waals surface area contributed by atoms with Gasteiger partial charge in [0.05, 0.1) is 6.61 Å². The van der Waals surface area contributed by atoms with E-state index in [4.69, 9.17) is 5.11 Å². The molecule has 1 heterocycles. The summed E-state index contributed by atoms with van der Waals surface area (Å²) < 4.78 is 26.5. The molecule has 0 aromatic carbocycles. The number of rotatable bonds is 6. The zero-order valence-corrected chi connectivity index (χ0v) is 11.7. The molecule has 1 aliphatic rings. The van der Waals surface area contributed by atoms with Crippen molar-refractivity contribution in [1.82, 2.24) is 9.71 Å². The summed E-state index contributed by atoms with van der Waals surface area (Å²) in [5, 5.41) is 8.90. The molecule has 0 amide bonds. The number of aliphatic hydroxyl groups is 1. The summed E-state index contributed by atoms with van der Waals surface area (Å²) in [4.78, 5) is 3.86. The van der Waals surface area contributed by atoms with Crippen LogP contribution in [0.2, 0.25) is 0 Å². The zero-order chi connectivity index (χ0) is 13.7. The second-order valence-corrected chi connectivity index (χ2v) is 6.71. The molecule has 0 saturated heterocycles. The normalized spacial score (nSPS) is 16.9. The average Bonchev–Trinajstić information content (AvgIpc) is 2.92. The van der Waals surface area contributed by atoms with E-state index in [0.29, 0.717) is 18.0 Å². The number of nitrogens with zero attached hydrogens (tertiary/aromatic N) is 1. The third kappa shape index (κ3) is 3.99. The predicted octanol–water partition coefficient (Wildman–Crippen LogP) is 1.43. The standard InChI is InChI=1S/C13H20N2O3S/c16-10-12-5-6-13(14-9-12)19(17,18)15-8-7-11-3-1-2-4-11/h5-6,9,11,15-16H,1-4,7-8,10H2. The molecular weight excluding hydrogens is 264 g/mol. The molecule has 1 aromatic rings. The molecule has 1 aliphatic carbocycles. The Morgan fingerprint density at radius 1 is 1.32 bits per heavy atom. The number of sulfonamides is 1. The monoisotopic (exact) mass is 284 g/mol. The smallest absolute Gasteiger partial charge is 0.258 e. The van der Waals surface area contributed by atoms with Crippen molar-refractivity contribution in [3.05, 3.63) is 23.9 Å². The first kappa shape index (κ1) is 14.4. The Labute approximate surface area is 114 Å². The van der Waals surface area contributed by atoms with Gasteiger partial charge in [0, 0.05) is 12.7 Å². The number of pyridine rings is 1. The van der Waals surface area contributed by atoms with Gasteiger partial charge in [-0.05, 0) is 24.0 Å². The van der Waals surface area contributed by atoms with Crippen LogP contribution < -0.4 is 4.72 Å². The van der Waals surface area contributed by atoms with Crippen molar-refractivity contribution in [1.29, 1.82) is 0 Å². The van der Waals surface area contributed by atoms with E-state index in [-0.39, 0.29) is 11.6 Å². The lowest BCUT2D eigenvalue weighted by Gasteiger charge is -2.10. The van der Waals surface area contributed by atoms with Crippen molar-refractivity contribution in [2.45, 2.75) is 43.7 Å². The lowest BCUT2D eigenvalue weighted by molar-refractivity contribution is 0.281. The van der Waals surface area contributed by atoms with Gasteiger partial charge in [0.15, 0.2) is 5.03 Å². The molecule has 1 fully saturated rings. The summed E-state index contributed by atoms with van der Waals surface area (Å²) in [6.07, 6.45) is 7.24. The highest BCUT2D eigenvalue weighted by Crippen LogP contribution is 2.27. The minimum absolute atomic E-state index is 0.0103. The van der Waals surface area contributed by atoms with Crippen molar-refractivity contribution in [3.8, 4) is 0 Å². The topological polar surface area (TPSA) is 79.3 Å². The molecule has 0 bridgehead atoms. The molecule has 1 saturated carbocycles. The number of nitrogens with one attached hydrogen (secondary N) is 1. The molecule has 0 aliphatic heterocycles. The van der Waals surface area contributed by atoms with Crippen LogP contribution in [-0.2, 0) is 16.6 Å². The molecule has 0 atom stereocenters. The van der Waals surface area contributed by atoms with Crippen LogP contribution in [0.25, 0.3) is 0 Å². The molecule has 19 heavy (non-hydrogen) atoms. The maximum absolute atomic E-state index is 12.0. The van der Waals surface area contributed by atoms with E-state index in [1.807, 2.05) is 0 Å². The van der Waals surface area contributed by atoms with Crippen molar-refractivity contribution in [3.63, 3.8) is 0 Å². The van der Waals surface area contributed by atoms with Crippen LogP contribution in [0.15, 0.2) is 23.4 Å². The van der Waals surface area contributed by atoms with Crippen molar-refractivity contribution in [2.24, 2.45) is 5.92 Å². The van der Waals surface area contributed by atoms with Gasteiger partial charge in [-0.25, -0.2) is 18.1 Å². The van der Waals surface area contributed by atoms with Gasteiger partial charge in [0.25, 0.3) is 10.0 Å². The first-order valence-electron chi connectivity index (χ1n) is 6.67. The highest BCUT2D eigenvalue weighted by molar-refractivity contribution is 7.89. The van der Waals surface area contributed by atoms with E-state index in [1.165, 1.54) is 37.9 Å². The van der Waals surface area contributed by atoms with Crippen LogP contribution in [0.5, 0.6) is 0 Å². The lowest BCUT2D eigenvalue weighted by atomic mass is 10.1. The number of hydrogen-bond acceptors (Lipinski definition) is 4. The largest absolute Gasteiger partial charge is 0.392 e. The molecule has 1 aromatic heterocycles. The van der Waals surface area contributed by atoms with Gasteiger partial charge in [-0.3, -0.25) is 0 Å². The lowest BCUT2D eigenvalue weighted by Crippen LogP contribution is -2.26. The van der Waals surface area contributed by atoms with Gasteiger partial charge >= 0.3 is 0 Å². The van der Waals surface area contributed by atoms with Gasteiger partial charge in [0.1, 0.15) is 0 Å². The SMILES string of the molecule is O=S(=O)(NCCC1CCCC1)c1ccc(CO)cn1. The maximum Gasteiger partial charge on any atom is 0.258 e. The Morgan fingerprint density at radius 2 is 2.05 bits per heavy atom. The maximum atomic E-state index is 12.0. The first-order valence-corrected chi connectivity index (χ1v) is 8.15. The molecule has 0 unspecified atom stereocenters. The van der Waals surface area contributed by atoms with Gasteiger partial charge in [-0.2, -0.15) is 0 Å². The molecule has 2 N–H and O–H groups in total. The number of aliphatic hydroxyl groups excluding tert-OH is 1. The van der Waals surface area contributed by atoms with Crippen LogP contribution in [0.4, 0.5) is 0 Å². The second kappa shape index (κ2) is 6.45. The van der Waals surface area contributed by atoms with Crippen molar-refractivity contribution < 1.29 is 13.5 Å². The summed E-state index contributed by atoms with van der Waals surface area (Å²) in [7, 11) is -3.52. The zero-order valence-electron chi connectivity index (χ0n) is 10.9. The van der Waals surface area contributed by atoms with Crippen LogP contribution >= 0.6 is 0 Å². The minimum atomic E-state index is -3.52. The Balaban J connectivity index is 1.89. The summed E-state index contributed by atoms with van der Waals surface area (Å²) in [5.74, 6) is 0.660. The molecule has 0 radical (unpaired) electrons. The fourth-order valence-electron chi connectivity index (χ4n) is 2.43. The third-order valence-electron chi connectivity index (χ3n) is 3.57. The fourth-order valence-corrected chi connectivity index (χ4v) is 3.41. The summed E-state index contributed by atoms with van der Waals surface area (Å²) in [6.45, 7) is 0.332. The van der Waals surface area contributed by atoms with Crippen LogP contribution in [0, 0.1) is 5.92 Å². The number of hydrogen-bond donors (Lipinski definition) is 2. The quantitative estimate of drug-likeness (QED) is 0.828. The molecular formula is C13H20N2O3S. The summed E-state index contributed by atoms with van der Waals surface area (Å²) in [5.41, 5.74) is 0.602. The predicted molar refractivity (Wildman–Crippen MR) is 71.9 cm³/mol. The van der Waals surface area contributed by atoms with E-state index < -0.39 is 10.0 Å². The highest BCUT2D eigenvalue weighted by Gasteiger charge is 2.18. The number of aromatic nitrogens is 1. The second-order valence-electron chi connectivity index (χ2n) is 5.00. The first-order chi connectivity index (χ1) is 9.12. The van der Waals surface area contributed by atoms with Crippen molar-refractivity contribution in [2.75, 3.05) is 6.54 Å². The molecule has 2 rings (SSSR count). The van der Waals surface area contributed by atoms with Gasteiger partial charge in [0.2, 0.25) is 0 Å². The Hall–Kier alpha value is -0.980. The fraction of sp³-hybridized carbons (Fsp3) is 0.615. The van der Waals surface area contributed by atoms with E-state index in [2.05, 4.69) is 9.71 Å². The Kier molecular flexibility index (Phi) is 4.90. The average molecular weight is 284 g/mol. The van der Waals surface area contributed by atoms with Crippen LogP contribution in [-0.4, -0.2) is 25.1 Å². The van der Waals surface area contributed by atoms with Gasteiger partial charge in [-0.15, -0.1) is 0 Å². The summed E-state index contributed by atoms with van der Waals surface area (Å²) in [6, 6.07) is 2.99. The van der Waals surface area contributed by atoms with E-state index in [9.17, 15) is 8.42 Å². The Bertz CT molecular complexity index is 493. The van der Waals surface area contributed by atoms with Crippen LogP contribution in [0.1, 0.15) is 37.7 Å². The molecule has 5 nitrogen and oxygen atoms in total. The third-order valence-corrected chi connectivity index (χ3v) is 4.95. The van der Waals surface area contributed by atoms with E-state index in [1.54, 1.807) is 6.07 Å². The van der Waals surface area contributed by atoms with E-state index in [0.717, 1.165) is 6.42 Å². The van der Waals surface area contributed by atoms with E-state index >= 15 is 0 Å². The molecule has 0 spiro atoms. The van der Waals surface area contributed by atoms with Gasteiger partial charge in [-0.1, -0.05) is 31.7 Å².